The van der Waals surface area contributed by atoms with Crippen LogP contribution in [-0.4, -0.2) is 28.2 Å². The molecule has 1 atom stereocenters. The summed E-state index contributed by atoms with van der Waals surface area (Å²) in [7, 11) is 0. The summed E-state index contributed by atoms with van der Waals surface area (Å²) in [5.74, 6) is -0.763. The number of hydrogen-bond acceptors (Lipinski definition) is 3. The van der Waals surface area contributed by atoms with E-state index in [9.17, 15) is 9.59 Å². The van der Waals surface area contributed by atoms with Gasteiger partial charge in [0.15, 0.2) is 0 Å². The number of hydrogen-bond donors (Lipinski definition) is 1. The quantitative estimate of drug-likeness (QED) is 0.905. The number of benzene rings is 1. The van der Waals surface area contributed by atoms with Gasteiger partial charge in [-0.1, -0.05) is 35.3 Å². The predicted octanol–water partition coefficient (Wildman–Crippen LogP) is 3.38. The molecule has 2 amide bonds. The number of para-hydroxylation sites is 1. The van der Waals surface area contributed by atoms with Crippen LogP contribution in [0.25, 0.3) is 0 Å². The first-order valence-electron chi connectivity index (χ1n) is 7.47. The second-order valence-electron chi connectivity index (χ2n) is 5.58. The van der Waals surface area contributed by atoms with Gasteiger partial charge in [0.05, 0.1) is 33.9 Å². The maximum absolute atomic E-state index is 12.4. The van der Waals surface area contributed by atoms with Crippen molar-refractivity contribution in [3.8, 4) is 0 Å². The molecule has 5 nitrogen and oxygen atoms in total. The normalized spacial score (nSPS) is 17.2. The molecule has 0 radical (unpaired) electrons. The van der Waals surface area contributed by atoms with Crippen LogP contribution in [0.4, 0.5) is 5.69 Å². The lowest BCUT2D eigenvalue weighted by Crippen LogP contribution is -2.28. The van der Waals surface area contributed by atoms with Crippen molar-refractivity contribution in [2.45, 2.75) is 13.0 Å². The molecule has 3 rings (SSSR count). The van der Waals surface area contributed by atoms with Gasteiger partial charge in [-0.2, -0.15) is 0 Å². The molecule has 1 unspecified atom stereocenters. The molecule has 1 aromatic carbocycles. The van der Waals surface area contributed by atoms with Crippen LogP contribution in [-0.2, 0) is 16.1 Å². The van der Waals surface area contributed by atoms with E-state index in [0.717, 1.165) is 5.69 Å². The minimum atomic E-state index is -0.437. The van der Waals surface area contributed by atoms with E-state index in [1.807, 2.05) is 18.2 Å². The fourth-order valence-electron chi connectivity index (χ4n) is 2.63. The Hall–Kier alpha value is -2.11. The predicted molar refractivity (Wildman–Crippen MR) is 92.9 cm³/mol. The molecule has 1 aromatic heterocycles. The van der Waals surface area contributed by atoms with E-state index in [0.29, 0.717) is 28.8 Å². The number of anilines is 1. The monoisotopic (exact) mass is 363 g/mol. The first-order valence-corrected chi connectivity index (χ1v) is 8.22. The Bertz CT molecular complexity index is 747. The van der Waals surface area contributed by atoms with Gasteiger partial charge >= 0.3 is 0 Å². The average Bonchev–Trinajstić information content (AvgIpc) is 2.93. The number of carbonyl (C=O) groups is 2. The van der Waals surface area contributed by atoms with E-state index in [1.165, 1.54) is 0 Å². The standard InChI is InChI=1S/C17H15Cl2N3O2/c18-13-5-3-6-14(19)16(13)21-17(24)11-8-15(23)22(9-11)10-12-4-1-2-7-20-12/h1-7,11H,8-10H2,(H,21,24). The zero-order valence-corrected chi connectivity index (χ0v) is 14.2. The number of carbonyl (C=O) groups excluding carboxylic acids is 2. The molecule has 2 heterocycles. The largest absolute Gasteiger partial charge is 0.336 e. The highest BCUT2D eigenvalue weighted by atomic mass is 35.5. The van der Waals surface area contributed by atoms with Gasteiger partial charge in [-0.15, -0.1) is 0 Å². The Morgan fingerprint density at radius 2 is 1.96 bits per heavy atom. The van der Waals surface area contributed by atoms with Crippen LogP contribution in [0.3, 0.4) is 0 Å². The topological polar surface area (TPSA) is 62.3 Å². The molecule has 2 aromatic rings. The van der Waals surface area contributed by atoms with Crippen LogP contribution in [0.2, 0.25) is 10.0 Å². The van der Waals surface area contributed by atoms with Crippen molar-refractivity contribution in [3.05, 3.63) is 58.3 Å². The summed E-state index contributed by atoms with van der Waals surface area (Å²) in [6, 6.07) is 10.5. The van der Waals surface area contributed by atoms with Crippen molar-refractivity contribution >= 4 is 40.7 Å². The fraction of sp³-hybridized carbons (Fsp3) is 0.235. The zero-order chi connectivity index (χ0) is 17.1. The van der Waals surface area contributed by atoms with Crippen LogP contribution < -0.4 is 5.32 Å². The summed E-state index contributed by atoms with van der Waals surface area (Å²) in [6.07, 6.45) is 1.85. The number of amides is 2. The fourth-order valence-corrected chi connectivity index (χ4v) is 3.12. The van der Waals surface area contributed by atoms with Gasteiger partial charge in [0.25, 0.3) is 0 Å². The molecular weight excluding hydrogens is 349 g/mol. The molecule has 124 valence electrons. The lowest BCUT2D eigenvalue weighted by molar-refractivity contribution is -0.128. The van der Waals surface area contributed by atoms with Crippen molar-refractivity contribution in [2.24, 2.45) is 5.92 Å². The van der Waals surface area contributed by atoms with E-state index in [-0.39, 0.29) is 18.2 Å². The zero-order valence-electron chi connectivity index (χ0n) is 12.7. The maximum Gasteiger partial charge on any atom is 0.229 e. The van der Waals surface area contributed by atoms with Gasteiger partial charge in [-0.05, 0) is 24.3 Å². The summed E-state index contributed by atoms with van der Waals surface area (Å²) in [6.45, 7) is 0.750. The minimum Gasteiger partial charge on any atom is -0.336 e. The number of rotatable bonds is 4. The van der Waals surface area contributed by atoms with Crippen molar-refractivity contribution < 1.29 is 9.59 Å². The van der Waals surface area contributed by atoms with Gasteiger partial charge in [-0.25, -0.2) is 0 Å². The molecule has 7 heteroatoms. The van der Waals surface area contributed by atoms with Gasteiger partial charge in [0, 0.05) is 19.2 Å². The van der Waals surface area contributed by atoms with E-state index < -0.39 is 5.92 Å². The summed E-state index contributed by atoms with van der Waals surface area (Å²) in [4.78, 5) is 30.4. The Morgan fingerprint density at radius 1 is 1.21 bits per heavy atom. The second-order valence-corrected chi connectivity index (χ2v) is 6.40. The molecule has 0 aliphatic carbocycles. The number of likely N-dealkylation sites (tertiary alicyclic amines) is 1. The van der Waals surface area contributed by atoms with E-state index >= 15 is 0 Å². The lowest BCUT2D eigenvalue weighted by atomic mass is 10.1. The van der Waals surface area contributed by atoms with Gasteiger partial charge in [-0.3, -0.25) is 14.6 Å². The third kappa shape index (κ3) is 3.68. The third-order valence-electron chi connectivity index (χ3n) is 3.88. The molecule has 24 heavy (non-hydrogen) atoms. The van der Waals surface area contributed by atoms with Crippen molar-refractivity contribution in [1.29, 1.82) is 0 Å². The molecule has 0 spiro atoms. The van der Waals surface area contributed by atoms with Gasteiger partial charge in [0.2, 0.25) is 11.8 Å². The lowest BCUT2D eigenvalue weighted by Gasteiger charge is -2.16. The SMILES string of the molecule is O=C(Nc1c(Cl)cccc1Cl)C1CC(=O)N(Cc2ccccn2)C1. The Kier molecular flexibility index (Phi) is 5.02. The Labute approximate surface area is 149 Å². The minimum absolute atomic E-state index is 0.0638. The molecule has 1 aliphatic heterocycles. The van der Waals surface area contributed by atoms with E-state index in [2.05, 4.69) is 10.3 Å². The first-order chi connectivity index (χ1) is 11.5. The van der Waals surface area contributed by atoms with Crippen LogP contribution in [0, 0.1) is 5.92 Å². The van der Waals surface area contributed by atoms with E-state index in [1.54, 1.807) is 29.3 Å². The number of nitrogens with zero attached hydrogens (tertiary/aromatic N) is 2. The molecule has 1 aliphatic rings. The van der Waals surface area contributed by atoms with Crippen molar-refractivity contribution in [2.75, 3.05) is 11.9 Å². The summed E-state index contributed by atoms with van der Waals surface area (Å²) in [5.41, 5.74) is 1.17. The Balaban J connectivity index is 1.66. The number of aromatic nitrogens is 1. The summed E-state index contributed by atoms with van der Waals surface area (Å²) < 4.78 is 0. The Morgan fingerprint density at radius 3 is 2.62 bits per heavy atom. The molecule has 0 saturated carbocycles. The molecule has 1 N–H and O–H groups in total. The van der Waals surface area contributed by atoms with Crippen LogP contribution >= 0.6 is 23.2 Å². The maximum atomic E-state index is 12.4. The second kappa shape index (κ2) is 7.20. The number of halogens is 2. The van der Waals surface area contributed by atoms with Crippen molar-refractivity contribution in [3.63, 3.8) is 0 Å². The first kappa shape index (κ1) is 16.7. The highest BCUT2D eigenvalue weighted by Crippen LogP contribution is 2.31. The summed E-state index contributed by atoms with van der Waals surface area (Å²) >= 11 is 12.1. The van der Waals surface area contributed by atoms with Crippen LogP contribution in [0.15, 0.2) is 42.6 Å². The number of pyridine rings is 1. The number of nitrogens with one attached hydrogen (secondary N) is 1. The molecule has 0 bridgehead atoms. The van der Waals surface area contributed by atoms with Gasteiger partial charge in [0.1, 0.15) is 0 Å². The highest BCUT2D eigenvalue weighted by Gasteiger charge is 2.34. The summed E-state index contributed by atoms with van der Waals surface area (Å²) in [5, 5.41) is 3.46. The van der Waals surface area contributed by atoms with Crippen LogP contribution in [0.1, 0.15) is 12.1 Å². The third-order valence-corrected chi connectivity index (χ3v) is 4.51. The highest BCUT2D eigenvalue weighted by molar-refractivity contribution is 6.39. The van der Waals surface area contributed by atoms with Crippen LogP contribution in [0.5, 0.6) is 0 Å². The van der Waals surface area contributed by atoms with Crippen molar-refractivity contribution in [1.82, 2.24) is 9.88 Å². The van der Waals surface area contributed by atoms with Gasteiger partial charge < -0.3 is 10.2 Å². The van der Waals surface area contributed by atoms with E-state index in [4.69, 9.17) is 23.2 Å². The smallest absolute Gasteiger partial charge is 0.229 e. The molecule has 1 saturated heterocycles. The molecule has 1 fully saturated rings. The molecular formula is C17H15Cl2N3O2. The average molecular weight is 364 g/mol.